The third kappa shape index (κ3) is 2.92. The summed E-state index contributed by atoms with van der Waals surface area (Å²) < 4.78 is 0.812. The van der Waals surface area contributed by atoms with Gasteiger partial charge in [-0.1, -0.05) is 6.07 Å². The van der Waals surface area contributed by atoms with Gasteiger partial charge >= 0.3 is 0 Å². The number of hydrogen-bond acceptors (Lipinski definition) is 3. The first-order valence-corrected chi connectivity index (χ1v) is 5.69. The summed E-state index contributed by atoms with van der Waals surface area (Å²) in [7, 11) is 0. The Morgan fingerprint density at radius 3 is 3.07 bits per heavy atom. The average Bonchev–Trinajstić information content (AvgIpc) is 2.22. The van der Waals surface area contributed by atoms with E-state index in [-0.39, 0.29) is 11.9 Å². The van der Waals surface area contributed by atoms with E-state index < -0.39 is 0 Å². The van der Waals surface area contributed by atoms with Crippen LogP contribution < -0.4 is 10.6 Å². The molecular weight excluding hydrogens is 258 g/mol. The molecule has 0 bridgehead atoms. The van der Waals surface area contributed by atoms with E-state index in [1.165, 1.54) is 0 Å². The number of piperidine rings is 1. The van der Waals surface area contributed by atoms with Crippen molar-refractivity contribution in [3.05, 3.63) is 22.8 Å². The molecule has 5 heteroatoms. The Kier molecular flexibility index (Phi) is 3.20. The van der Waals surface area contributed by atoms with Gasteiger partial charge < -0.3 is 10.6 Å². The van der Waals surface area contributed by atoms with E-state index in [4.69, 9.17) is 0 Å². The number of nitrogens with one attached hydrogen (secondary N) is 2. The van der Waals surface area contributed by atoms with E-state index in [1.54, 1.807) is 0 Å². The molecule has 2 rings (SSSR count). The highest BCUT2D eigenvalue weighted by atomic mass is 79.9. The molecule has 1 unspecified atom stereocenters. The van der Waals surface area contributed by atoms with E-state index in [9.17, 15) is 4.79 Å². The number of aromatic nitrogens is 1. The van der Waals surface area contributed by atoms with Crippen LogP contribution in [0.3, 0.4) is 0 Å². The Hall–Kier alpha value is -1.10. The highest BCUT2D eigenvalue weighted by Crippen LogP contribution is 2.13. The Balaban J connectivity index is 1.94. The second-order valence-corrected chi connectivity index (χ2v) is 4.34. The minimum Gasteiger partial charge on any atom is -0.366 e. The van der Waals surface area contributed by atoms with Gasteiger partial charge in [-0.2, -0.15) is 0 Å². The second-order valence-electron chi connectivity index (χ2n) is 3.53. The summed E-state index contributed by atoms with van der Waals surface area (Å²) >= 11 is 3.32. The van der Waals surface area contributed by atoms with Crippen molar-refractivity contribution in [1.29, 1.82) is 0 Å². The van der Waals surface area contributed by atoms with Crippen LogP contribution in [0.1, 0.15) is 12.8 Å². The van der Waals surface area contributed by atoms with Gasteiger partial charge in [-0.3, -0.25) is 4.79 Å². The Bertz CT molecular complexity index is 359. The average molecular weight is 270 g/mol. The van der Waals surface area contributed by atoms with Crippen molar-refractivity contribution in [2.75, 3.05) is 11.9 Å². The fourth-order valence-corrected chi connectivity index (χ4v) is 1.90. The minimum atomic E-state index is 0.134. The lowest BCUT2D eigenvalue weighted by molar-refractivity contribution is -0.122. The minimum absolute atomic E-state index is 0.134. The summed E-state index contributed by atoms with van der Waals surface area (Å²) in [5, 5.41) is 6.11. The number of halogens is 1. The highest BCUT2D eigenvalue weighted by Gasteiger charge is 2.17. The molecule has 2 heterocycles. The Morgan fingerprint density at radius 2 is 2.40 bits per heavy atom. The molecule has 1 aliphatic rings. The summed E-state index contributed by atoms with van der Waals surface area (Å²) in [6.45, 7) is 0.674. The van der Waals surface area contributed by atoms with Crippen molar-refractivity contribution in [3.8, 4) is 0 Å². The maximum atomic E-state index is 11.0. The molecule has 0 saturated carbocycles. The SMILES string of the molecule is O=C1CCC(Nc2cccc(Br)n2)CN1. The zero-order chi connectivity index (χ0) is 10.7. The Morgan fingerprint density at radius 1 is 1.53 bits per heavy atom. The van der Waals surface area contributed by atoms with Gasteiger partial charge in [-0.05, 0) is 34.5 Å². The standard InChI is InChI=1S/C10H12BrN3O/c11-8-2-1-3-9(14-8)13-7-4-5-10(15)12-6-7/h1-3,7H,4-6H2,(H,12,15)(H,13,14). The van der Waals surface area contributed by atoms with Crippen molar-refractivity contribution < 1.29 is 4.79 Å². The summed E-state index contributed by atoms with van der Waals surface area (Å²) in [5.41, 5.74) is 0. The van der Waals surface area contributed by atoms with Crippen molar-refractivity contribution in [2.45, 2.75) is 18.9 Å². The summed E-state index contributed by atoms with van der Waals surface area (Å²) in [6.07, 6.45) is 1.45. The topological polar surface area (TPSA) is 54.0 Å². The number of nitrogens with zero attached hydrogens (tertiary/aromatic N) is 1. The van der Waals surface area contributed by atoms with Gasteiger partial charge in [0.15, 0.2) is 0 Å². The predicted octanol–water partition coefficient (Wildman–Crippen LogP) is 1.53. The summed E-state index contributed by atoms with van der Waals surface area (Å²) in [5.74, 6) is 0.973. The number of carbonyl (C=O) groups excluding carboxylic acids is 1. The molecule has 1 aromatic rings. The van der Waals surface area contributed by atoms with Gasteiger partial charge in [0.2, 0.25) is 5.91 Å². The van der Waals surface area contributed by atoms with E-state index in [0.29, 0.717) is 13.0 Å². The zero-order valence-corrected chi connectivity index (χ0v) is 9.75. The molecular formula is C10H12BrN3O. The van der Waals surface area contributed by atoms with Gasteiger partial charge in [0.05, 0.1) is 0 Å². The Labute approximate surface area is 96.6 Å². The van der Waals surface area contributed by atoms with Gasteiger partial charge in [-0.25, -0.2) is 4.98 Å². The third-order valence-corrected chi connectivity index (χ3v) is 2.77. The fraction of sp³-hybridized carbons (Fsp3) is 0.400. The van der Waals surface area contributed by atoms with E-state index in [1.807, 2.05) is 18.2 Å². The molecule has 0 aliphatic carbocycles. The first-order valence-electron chi connectivity index (χ1n) is 4.90. The molecule has 1 atom stereocenters. The number of rotatable bonds is 2. The monoisotopic (exact) mass is 269 g/mol. The van der Waals surface area contributed by atoms with Crippen LogP contribution in [0.15, 0.2) is 22.8 Å². The molecule has 4 nitrogen and oxygen atoms in total. The smallest absolute Gasteiger partial charge is 0.220 e. The maximum absolute atomic E-state index is 11.0. The van der Waals surface area contributed by atoms with Crippen LogP contribution >= 0.6 is 15.9 Å². The van der Waals surface area contributed by atoms with Crippen molar-refractivity contribution in [1.82, 2.24) is 10.3 Å². The van der Waals surface area contributed by atoms with Crippen LogP contribution in [-0.4, -0.2) is 23.5 Å². The normalized spacial score (nSPS) is 20.9. The number of anilines is 1. The molecule has 80 valence electrons. The number of hydrogen-bond donors (Lipinski definition) is 2. The van der Waals surface area contributed by atoms with Crippen molar-refractivity contribution >= 4 is 27.7 Å². The molecule has 1 fully saturated rings. The van der Waals surface area contributed by atoms with Crippen molar-refractivity contribution in [3.63, 3.8) is 0 Å². The van der Waals surface area contributed by atoms with Gasteiger partial charge in [0, 0.05) is 19.0 Å². The molecule has 0 spiro atoms. The quantitative estimate of drug-likeness (QED) is 0.801. The molecule has 0 aromatic carbocycles. The molecule has 15 heavy (non-hydrogen) atoms. The van der Waals surface area contributed by atoms with Crippen LogP contribution in [0, 0.1) is 0 Å². The van der Waals surface area contributed by atoms with Crippen LogP contribution in [0.25, 0.3) is 0 Å². The molecule has 0 radical (unpaired) electrons. The lowest BCUT2D eigenvalue weighted by Gasteiger charge is -2.23. The molecule has 1 aromatic heterocycles. The number of pyridine rings is 1. The van der Waals surface area contributed by atoms with Gasteiger partial charge in [0.1, 0.15) is 10.4 Å². The zero-order valence-electron chi connectivity index (χ0n) is 8.16. The van der Waals surface area contributed by atoms with Crippen LogP contribution in [0.4, 0.5) is 5.82 Å². The highest BCUT2D eigenvalue weighted by molar-refractivity contribution is 9.10. The van der Waals surface area contributed by atoms with E-state index in [2.05, 4.69) is 31.5 Å². The first kappa shape index (κ1) is 10.4. The largest absolute Gasteiger partial charge is 0.366 e. The molecule has 1 aliphatic heterocycles. The van der Waals surface area contributed by atoms with E-state index in [0.717, 1.165) is 16.8 Å². The third-order valence-electron chi connectivity index (χ3n) is 2.33. The van der Waals surface area contributed by atoms with Gasteiger partial charge in [-0.15, -0.1) is 0 Å². The van der Waals surface area contributed by atoms with Gasteiger partial charge in [0.25, 0.3) is 0 Å². The first-order chi connectivity index (χ1) is 7.24. The van der Waals surface area contributed by atoms with E-state index >= 15 is 0 Å². The summed E-state index contributed by atoms with van der Waals surface area (Å²) in [6, 6.07) is 6.01. The maximum Gasteiger partial charge on any atom is 0.220 e. The predicted molar refractivity (Wildman–Crippen MR) is 61.6 cm³/mol. The lowest BCUT2D eigenvalue weighted by atomic mass is 10.1. The fourth-order valence-electron chi connectivity index (χ4n) is 1.55. The molecule has 1 saturated heterocycles. The number of amides is 1. The lowest BCUT2D eigenvalue weighted by Crippen LogP contribution is -2.42. The van der Waals surface area contributed by atoms with Crippen LogP contribution in [0.5, 0.6) is 0 Å². The second kappa shape index (κ2) is 4.61. The molecule has 1 amide bonds. The molecule has 2 N–H and O–H groups in total. The number of carbonyl (C=O) groups is 1. The summed E-state index contributed by atoms with van der Waals surface area (Å²) in [4.78, 5) is 15.2. The van der Waals surface area contributed by atoms with Crippen LogP contribution in [-0.2, 0) is 4.79 Å². The van der Waals surface area contributed by atoms with Crippen LogP contribution in [0.2, 0.25) is 0 Å². The van der Waals surface area contributed by atoms with Crippen molar-refractivity contribution in [2.24, 2.45) is 0 Å².